The number of nitrogens with one attached hydrogen (secondary N) is 1. The van der Waals surface area contributed by atoms with Crippen LogP contribution in [0.3, 0.4) is 0 Å². The molecule has 0 aliphatic carbocycles. The molecule has 9 rings (SSSR count). The number of rotatable bonds is 2. The maximum Gasteiger partial charge on any atom is 0.256 e. The lowest BCUT2D eigenvalue weighted by molar-refractivity contribution is 1.18. The Hall–Kier alpha value is -5.61. The molecular weight excluding hydrogens is 502 g/mol. The normalized spacial score (nSPS) is 12.0. The number of hydrogen-bond donors (Lipinski definition) is 1. The van der Waals surface area contributed by atoms with E-state index < -0.39 is 0 Å². The molecule has 192 valence electrons. The molecule has 4 heteroatoms. The van der Waals surface area contributed by atoms with Crippen LogP contribution in [0.15, 0.2) is 138 Å². The highest BCUT2D eigenvalue weighted by atomic mass is 16.1. The van der Waals surface area contributed by atoms with Crippen molar-refractivity contribution in [2.75, 3.05) is 0 Å². The van der Waals surface area contributed by atoms with E-state index in [4.69, 9.17) is 0 Å². The van der Waals surface area contributed by atoms with E-state index in [0.29, 0.717) is 5.39 Å². The van der Waals surface area contributed by atoms with Crippen LogP contribution in [0.5, 0.6) is 0 Å². The third-order valence-electron chi connectivity index (χ3n) is 8.44. The van der Waals surface area contributed by atoms with Crippen LogP contribution in [-0.4, -0.2) is 14.1 Å². The molecule has 3 heterocycles. The van der Waals surface area contributed by atoms with Crippen molar-refractivity contribution in [3.63, 3.8) is 0 Å². The van der Waals surface area contributed by atoms with Gasteiger partial charge in [0.25, 0.3) is 5.56 Å². The van der Waals surface area contributed by atoms with Crippen molar-refractivity contribution in [2.24, 2.45) is 0 Å². The van der Waals surface area contributed by atoms with Gasteiger partial charge in [-0.2, -0.15) is 0 Å². The zero-order valence-corrected chi connectivity index (χ0v) is 22.0. The third kappa shape index (κ3) is 3.07. The van der Waals surface area contributed by atoms with E-state index in [0.717, 1.165) is 71.3 Å². The van der Waals surface area contributed by atoms with Gasteiger partial charge in [-0.25, -0.2) is 0 Å². The summed E-state index contributed by atoms with van der Waals surface area (Å²) in [5, 5.41) is 7.15. The number of nitrogens with zero attached hydrogens (tertiary/aromatic N) is 2. The molecule has 0 fully saturated rings. The quantitative estimate of drug-likeness (QED) is 0.225. The Morgan fingerprint density at radius 1 is 0.390 bits per heavy atom. The molecule has 0 aliphatic rings. The van der Waals surface area contributed by atoms with Crippen molar-refractivity contribution in [1.29, 1.82) is 0 Å². The van der Waals surface area contributed by atoms with Gasteiger partial charge in [0.2, 0.25) is 0 Å². The van der Waals surface area contributed by atoms with Crippen LogP contribution in [0.2, 0.25) is 0 Å². The SMILES string of the molecule is O=c1[nH]c2cc3c4ccccc4n(-c4ccccc4)c3cc2c2cc3c(cc12)c1ccccc1n3-c1ccccc1. The average Bonchev–Trinajstić information content (AvgIpc) is 3.52. The summed E-state index contributed by atoms with van der Waals surface area (Å²) in [6, 6.07) is 46.5. The van der Waals surface area contributed by atoms with Crippen LogP contribution in [0.25, 0.3) is 76.7 Å². The molecule has 41 heavy (non-hydrogen) atoms. The van der Waals surface area contributed by atoms with Gasteiger partial charge in [0, 0.05) is 49.2 Å². The molecule has 0 bridgehead atoms. The van der Waals surface area contributed by atoms with Crippen LogP contribution < -0.4 is 5.56 Å². The monoisotopic (exact) mass is 525 g/mol. The average molecular weight is 526 g/mol. The zero-order chi connectivity index (χ0) is 27.1. The first-order chi connectivity index (χ1) is 20.3. The highest BCUT2D eigenvalue weighted by Gasteiger charge is 2.18. The van der Waals surface area contributed by atoms with E-state index >= 15 is 0 Å². The largest absolute Gasteiger partial charge is 0.321 e. The molecule has 0 spiro atoms. The van der Waals surface area contributed by atoms with E-state index in [1.165, 1.54) is 0 Å². The molecule has 0 atom stereocenters. The minimum atomic E-state index is -0.0721. The van der Waals surface area contributed by atoms with Gasteiger partial charge >= 0.3 is 0 Å². The number of hydrogen-bond acceptors (Lipinski definition) is 1. The highest BCUT2D eigenvalue weighted by molar-refractivity contribution is 6.20. The molecule has 1 N–H and O–H groups in total. The molecule has 6 aromatic carbocycles. The molecule has 0 unspecified atom stereocenters. The summed E-state index contributed by atoms with van der Waals surface area (Å²) in [7, 11) is 0. The van der Waals surface area contributed by atoms with Gasteiger partial charge in [-0.15, -0.1) is 0 Å². The lowest BCUT2D eigenvalue weighted by Gasteiger charge is -2.11. The molecule has 4 nitrogen and oxygen atoms in total. The van der Waals surface area contributed by atoms with Crippen molar-refractivity contribution in [2.45, 2.75) is 0 Å². The van der Waals surface area contributed by atoms with Crippen LogP contribution in [-0.2, 0) is 0 Å². The maximum absolute atomic E-state index is 13.6. The van der Waals surface area contributed by atoms with E-state index in [1.807, 2.05) is 12.1 Å². The summed E-state index contributed by atoms with van der Waals surface area (Å²) in [6.07, 6.45) is 0. The number of H-pyrrole nitrogens is 1. The molecule has 0 saturated heterocycles. The van der Waals surface area contributed by atoms with Gasteiger partial charge in [0.1, 0.15) is 0 Å². The van der Waals surface area contributed by atoms with Crippen LogP contribution in [0, 0.1) is 0 Å². The second-order valence-corrected chi connectivity index (χ2v) is 10.7. The summed E-state index contributed by atoms with van der Waals surface area (Å²) in [5.74, 6) is 0. The minimum absolute atomic E-state index is 0.0721. The molecule has 3 aromatic heterocycles. The fraction of sp³-hybridized carbons (Fsp3) is 0. The Morgan fingerprint density at radius 2 is 0.878 bits per heavy atom. The number of fused-ring (bicyclic) bond motifs is 9. The Kier molecular flexibility index (Phi) is 4.44. The van der Waals surface area contributed by atoms with Gasteiger partial charge in [0.15, 0.2) is 0 Å². The molecule has 0 radical (unpaired) electrons. The third-order valence-corrected chi connectivity index (χ3v) is 8.44. The van der Waals surface area contributed by atoms with E-state index in [-0.39, 0.29) is 5.56 Å². The van der Waals surface area contributed by atoms with Crippen molar-refractivity contribution < 1.29 is 0 Å². The Labute approximate surface area is 234 Å². The van der Waals surface area contributed by atoms with E-state index in [1.54, 1.807) is 0 Å². The fourth-order valence-corrected chi connectivity index (χ4v) is 6.67. The Balaban J connectivity index is 1.47. The van der Waals surface area contributed by atoms with Crippen LogP contribution >= 0.6 is 0 Å². The molecule has 0 saturated carbocycles. The van der Waals surface area contributed by atoms with Gasteiger partial charge in [-0.3, -0.25) is 4.79 Å². The lowest BCUT2D eigenvalue weighted by Crippen LogP contribution is -2.06. The molecular formula is C37H23N3O. The fourth-order valence-electron chi connectivity index (χ4n) is 6.67. The van der Waals surface area contributed by atoms with Gasteiger partial charge in [-0.1, -0.05) is 72.8 Å². The summed E-state index contributed by atoms with van der Waals surface area (Å²) in [6.45, 7) is 0. The first-order valence-electron chi connectivity index (χ1n) is 13.8. The van der Waals surface area contributed by atoms with Crippen molar-refractivity contribution in [3.8, 4) is 11.4 Å². The predicted octanol–water partition coefficient (Wildman–Crippen LogP) is 8.88. The van der Waals surface area contributed by atoms with Crippen molar-refractivity contribution in [3.05, 3.63) is 144 Å². The second-order valence-electron chi connectivity index (χ2n) is 10.7. The molecule has 9 aromatic rings. The smallest absolute Gasteiger partial charge is 0.256 e. The highest BCUT2D eigenvalue weighted by Crippen LogP contribution is 2.38. The van der Waals surface area contributed by atoms with Gasteiger partial charge in [-0.05, 0) is 66.0 Å². The zero-order valence-electron chi connectivity index (χ0n) is 22.0. The summed E-state index contributed by atoms with van der Waals surface area (Å²) in [5.41, 5.74) is 7.43. The van der Waals surface area contributed by atoms with E-state index in [2.05, 4.69) is 135 Å². The molecule has 0 aliphatic heterocycles. The number of aromatic amines is 1. The first-order valence-corrected chi connectivity index (χ1v) is 13.8. The predicted molar refractivity (Wildman–Crippen MR) is 171 cm³/mol. The van der Waals surface area contributed by atoms with Gasteiger partial charge < -0.3 is 14.1 Å². The summed E-state index contributed by atoms with van der Waals surface area (Å²) < 4.78 is 4.62. The number of para-hydroxylation sites is 4. The van der Waals surface area contributed by atoms with Crippen molar-refractivity contribution in [1.82, 2.24) is 14.1 Å². The first kappa shape index (κ1) is 22.2. The minimum Gasteiger partial charge on any atom is -0.321 e. The Morgan fingerprint density at radius 3 is 1.46 bits per heavy atom. The van der Waals surface area contributed by atoms with E-state index in [9.17, 15) is 4.79 Å². The summed E-state index contributed by atoms with van der Waals surface area (Å²) >= 11 is 0. The van der Waals surface area contributed by atoms with Crippen molar-refractivity contribution >= 4 is 65.3 Å². The van der Waals surface area contributed by atoms with Gasteiger partial charge in [0.05, 0.1) is 22.1 Å². The lowest BCUT2D eigenvalue weighted by atomic mass is 10.0. The summed E-state index contributed by atoms with van der Waals surface area (Å²) in [4.78, 5) is 16.8. The topological polar surface area (TPSA) is 42.7 Å². The number of pyridine rings is 1. The maximum atomic E-state index is 13.6. The molecule has 0 amide bonds. The Bertz CT molecular complexity index is 2530. The van der Waals surface area contributed by atoms with Crippen LogP contribution in [0.4, 0.5) is 0 Å². The second kappa shape index (κ2) is 8.20. The van der Waals surface area contributed by atoms with Crippen LogP contribution in [0.1, 0.15) is 0 Å². The number of benzene rings is 6. The number of aromatic nitrogens is 3. The standard InChI is InChI=1S/C37H23N3O/c41-37-31-19-29-25-15-7-9-17-33(25)39(23-11-3-1-4-12-23)35(29)21-27(31)28-22-36-30(20-32(28)38-37)26-16-8-10-18-34(26)40(36)24-13-5-2-6-14-24/h1-22H,(H,38,41).